The molecule has 3 heteroatoms. The molecule has 0 aliphatic rings. The summed E-state index contributed by atoms with van der Waals surface area (Å²) in [6.45, 7) is 2.06. The lowest BCUT2D eigenvalue weighted by atomic mass is 10.1. The SMILES string of the molecule is Cc1ccc(N=C=S)c2cc[nH]c12. The van der Waals surface area contributed by atoms with Crippen molar-refractivity contribution < 1.29 is 0 Å². The van der Waals surface area contributed by atoms with E-state index in [1.54, 1.807) is 0 Å². The number of hydrogen-bond donors (Lipinski definition) is 1. The van der Waals surface area contributed by atoms with Crippen molar-refractivity contribution in [1.29, 1.82) is 0 Å². The maximum absolute atomic E-state index is 4.58. The van der Waals surface area contributed by atoms with Crippen LogP contribution in [-0.4, -0.2) is 10.1 Å². The van der Waals surface area contributed by atoms with Crippen LogP contribution in [0.15, 0.2) is 29.4 Å². The van der Waals surface area contributed by atoms with E-state index in [2.05, 4.69) is 34.3 Å². The van der Waals surface area contributed by atoms with Crippen LogP contribution < -0.4 is 0 Å². The van der Waals surface area contributed by atoms with Crippen LogP contribution in [0.2, 0.25) is 0 Å². The molecule has 0 unspecified atom stereocenters. The highest BCUT2D eigenvalue weighted by atomic mass is 32.1. The molecule has 0 spiro atoms. The molecular formula is C10H8N2S. The third-order valence-electron chi connectivity index (χ3n) is 2.07. The molecule has 0 saturated heterocycles. The molecule has 0 fully saturated rings. The molecule has 64 valence electrons. The molecule has 1 N–H and O–H groups in total. The summed E-state index contributed by atoms with van der Waals surface area (Å²) in [5, 5.41) is 3.47. The van der Waals surface area contributed by atoms with E-state index in [0.717, 1.165) is 16.6 Å². The number of thiocarbonyl (C=S) groups is 1. The van der Waals surface area contributed by atoms with E-state index < -0.39 is 0 Å². The first-order chi connectivity index (χ1) is 6.33. The van der Waals surface area contributed by atoms with Crippen molar-refractivity contribution in [2.24, 2.45) is 4.99 Å². The van der Waals surface area contributed by atoms with Crippen molar-refractivity contribution in [3.63, 3.8) is 0 Å². The molecule has 0 atom stereocenters. The van der Waals surface area contributed by atoms with Gasteiger partial charge >= 0.3 is 0 Å². The van der Waals surface area contributed by atoms with E-state index in [4.69, 9.17) is 0 Å². The number of hydrogen-bond acceptors (Lipinski definition) is 2. The summed E-state index contributed by atoms with van der Waals surface area (Å²) in [6.07, 6.45) is 1.90. The number of benzene rings is 1. The highest BCUT2D eigenvalue weighted by molar-refractivity contribution is 7.78. The van der Waals surface area contributed by atoms with Crippen LogP contribution in [0.25, 0.3) is 10.9 Å². The lowest BCUT2D eigenvalue weighted by molar-refractivity contribution is 1.41. The molecule has 13 heavy (non-hydrogen) atoms. The van der Waals surface area contributed by atoms with Gasteiger partial charge in [0.1, 0.15) is 0 Å². The van der Waals surface area contributed by atoms with E-state index >= 15 is 0 Å². The third kappa shape index (κ3) is 1.28. The monoisotopic (exact) mass is 188 g/mol. The number of aromatic nitrogens is 1. The molecule has 1 heterocycles. The van der Waals surface area contributed by atoms with Gasteiger partial charge in [0.15, 0.2) is 0 Å². The van der Waals surface area contributed by atoms with E-state index in [0.29, 0.717) is 0 Å². The second-order valence-corrected chi connectivity index (χ2v) is 3.05. The van der Waals surface area contributed by atoms with Crippen LogP contribution in [0.1, 0.15) is 5.56 Å². The Balaban J connectivity index is 2.85. The first kappa shape index (κ1) is 8.17. The number of fused-ring (bicyclic) bond motifs is 1. The smallest absolute Gasteiger partial charge is 0.0833 e. The summed E-state index contributed by atoms with van der Waals surface area (Å²) in [5.41, 5.74) is 3.20. The molecule has 0 radical (unpaired) electrons. The van der Waals surface area contributed by atoms with Crippen LogP contribution in [-0.2, 0) is 0 Å². The lowest BCUT2D eigenvalue weighted by Crippen LogP contribution is -1.75. The number of isothiocyanates is 1. The topological polar surface area (TPSA) is 28.1 Å². The van der Waals surface area contributed by atoms with E-state index in [9.17, 15) is 0 Å². The number of nitrogens with zero attached hydrogens (tertiary/aromatic N) is 1. The van der Waals surface area contributed by atoms with Crippen LogP contribution >= 0.6 is 12.2 Å². The van der Waals surface area contributed by atoms with Gasteiger partial charge < -0.3 is 4.98 Å². The standard InChI is InChI=1S/C10H8N2S/c1-7-2-3-9(12-6-13)8-4-5-11-10(7)8/h2-5,11H,1H3. The number of nitrogens with one attached hydrogen (secondary N) is 1. The lowest BCUT2D eigenvalue weighted by Gasteiger charge is -1.97. The van der Waals surface area contributed by atoms with Crippen molar-refractivity contribution >= 4 is 34.0 Å². The van der Waals surface area contributed by atoms with Crippen LogP contribution in [0.4, 0.5) is 5.69 Å². The first-order valence-electron chi connectivity index (χ1n) is 3.97. The van der Waals surface area contributed by atoms with Crippen molar-refractivity contribution in [1.82, 2.24) is 4.98 Å². The quantitative estimate of drug-likeness (QED) is 0.540. The molecule has 0 aliphatic heterocycles. The van der Waals surface area contributed by atoms with Crippen molar-refractivity contribution in [2.75, 3.05) is 0 Å². The van der Waals surface area contributed by atoms with Gasteiger partial charge in [-0.2, -0.15) is 4.99 Å². The number of aromatic amines is 1. The Morgan fingerprint density at radius 3 is 3.00 bits per heavy atom. The van der Waals surface area contributed by atoms with Gasteiger partial charge in [0, 0.05) is 11.6 Å². The molecule has 1 aromatic heterocycles. The molecular weight excluding hydrogens is 180 g/mol. The summed E-state index contributed by atoms with van der Waals surface area (Å²) in [4.78, 5) is 7.16. The zero-order valence-corrected chi connectivity index (χ0v) is 7.98. The predicted molar refractivity (Wildman–Crippen MR) is 57.7 cm³/mol. The summed E-state index contributed by atoms with van der Waals surface area (Å²) in [5.74, 6) is 0. The molecule has 0 saturated carbocycles. The average Bonchev–Trinajstić information content (AvgIpc) is 2.59. The summed E-state index contributed by atoms with van der Waals surface area (Å²) < 4.78 is 0. The number of rotatable bonds is 1. The molecule has 0 aliphatic carbocycles. The van der Waals surface area contributed by atoms with E-state index in [1.807, 2.05) is 24.4 Å². The molecule has 2 nitrogen and oxygen atoms in total. The Morgan fingerprint density at radius 2 is 2.23 bits per heavy atom. The fraction of sp³-hybridized carbons (Fsp3) is 0.100. The fourth-order valence-corrected chi connectivity index (χ4v) is 1.53. The van der Waals surface area contributed by atoms with Gasteiger partial charge in [-0.25, -0.2) is 0 Å². The van der Waals surface area contributed by atoms with Gasteiger partial charge in [0.2, 0.25) is 0 Å². The average molecular weight is 188 g/mol. The summed E-state index contributed by atoms with van der Waals surface area (Å²) in [7, 11) is 0. The normalized spacial score (nSPS) is 9.92. The van der Waals surface area contributed by atoms with Gasteiger partial charge in [-0.1, -0.05) is 6.07 Å². The largest absolute Gasteiger partial charge is 0.361 e. The Labute approximate surface area is 81.3 Å². The molecule has 2 rings (SSSR count). The molecule has 0 bridgehead atoms. The maximum Gasteiger partial charge on any atom is 0.0833 e. The van der Waals surface area contributed by atoms with Crippen LogP contribution in [0, 0.1) is 6.92 Å². The second-order valence-electron chi connectivity index (χ2n) is 2.87. The molecule has 2 aromatic rings. The van der Waals surface area contributed by atoms with E-state index in [1.165, 1.54) is 5.56 Å². The summed E-state index contributed by atoms with van der Waals surface area (Å²) in [6, 6.07) is 5.96. The second kappa shape index (κ2) is 3.13. The molecule has 1 aromatic carbocycles. The number of aryl methyl sites for hydroxylation is 1. The first-order valence-corrected chi connectivity index (χ1v) is 4.38. The maximum atomic E-state index is 4.58. The predicted octanol–water partition coefficient (Wildman–Crippen LogP) is 3.21. The highest BCUT2D eigenvalue weighted by Gasteiger charge is 2.02. The van der Waals surface area contributed by atoms with Crippen LogP contribution in [0.5, 0.6) is 0 Å². The minimum Gasteiger partial charge on any atom is -0.361 e. The number of aliphatic imine (C=N–C) groups is 1. The minimum absolute atomic E-state index is 0.872. The zero-order valence-electron chi connectivity index (χ0n) is 7.16. The summed E-state index contributed by atoms with van der Waals surface area (Å²) >= 11 is 4.58. The van der Waals surface area contributed by atoms with Gasteiger partial charge in [0.25, 0.3) is 0 Å². The third-order valence-corrected chi connectivity index (χ3v) is 2.17. The Morgan fingerprint density at radius 1 is 1.38 bits per heavy atom. The zero-order chi connectivity index (χ0) is 9.26. The molecule has 0 amide bonds. The van der Waals surface area contributed by atoms with Crippen LogP contribution in [0.3, 0.4) is 0 Å². The van der Waals surface area contributed by atoms with Crippen molar-refractivity contribution in [3.05, 3.63) is 30.0 Å². The van der Waals surface area contributed by atoms with Crippen molar-refractivity contribution in [3.8, 4) is 0 Å². The Bertz CT molecular complexity index is 493. The fourth-order valence-electron chi connectivity index (χ4n) is 1.43. The Hall–Kier alpha value is -1.44. The minimum atomic E-state index is 0.872. The Kier molecular flexibility index (Phi) is 1.97. The van der Waals surface area contributed by atoms with Crippen molar-refractivity contribution in [2.45, 2.75) is 6.92 Å². The van der Waals surface area contributed by atoms with E-state index in [-0.39, 0.29) is 0 Å². The number of H-pyrrole nitrogens is 1. The van der Waals surface area contributed by atoms with Gasteiger partial charge in [0.05, 0.1) is 16.4 Å². The van der Waals surface area contributed by atoms with Gasteiger partial charge in [-0.15, -0.1) is 0 Å². The highest BCUT2D eigenvalue weighted by Crippen LogP contribution is 2.26. The van der Waals surface area contributed by atoms with Gasteiger partial charge in [-0.05, 0) is 36.8 Å². The van der Waals surface area contributed by atoms with Gasteiger partial charge in [-0.3, -0.25) is 0 Å².